The van der Waals surface area contributed by atoms with Crippen LogP contribution in [0.4, 0.5) is 13.2 Å². The number of alkyl halides is 3. The van der Waals surface area contributed by atoms with Crippen LogP contribution in [0.3, 0.4) is 0 Å². The van der Waals surface area contributed by atoms with Crippen molar-refractivity contribution in [1.82, 2.24) is 10.3 Å². The summed E-state index contributed by atoms with van der Waals surface area (Å²) >= 11 is 0. The number of hydrogen-bond donors (Lipinski definition) is 2. The fourth-order valence-corrected chi connectivity index (χ4v) is 2.84. The number of carbonyl (C=O) groups is 1. The van der Waals surface area contributed by atoms with Gasteiger partial charge in [0.25, 0.3) is 0 Å². The van der Waals surface area contributed by atoms with Gasteiger partial charge in [-0.15, -0.1) is 12.3 Å². The molecule has 134 valence electrons. The van der Waals surface area contributed by atoms with Crippen molar-refractivity contribution >= 4 is 16.8 Å². The number of hydrogen-bond acceptors (Lipinski definition) is 1. The average molecular weight is 350 g/mol. The van der Waals surface area contributed by atoms with Crippen molar-refractivity contribution in [2.45, 2.75) is 45.2 Å². The molecule has 0 unspecified atom stereocenters. The van der Waals surface area contributed by atoms with E-state index in [2.05, 4.69) is 17.0 Å². The summed E-state index contributed by atoms with van der Waals surface area (Å²) in [5.74, 6) is 0.762. The highest BCUT2D eigenvalue weighted by molar-refractivity contribution is 5.85. The Balaban J connectivity index is 1.98. The van der Waals surface area contributed by atoms with Crippen LogP contribution in [0.25, 0.3) is 10.9 Å². The first kappa shape index (κ1) is 18.9. The van der Waals surface area contributed by atoms with Gasteiger partial charge in [0, 0.05) is 29.6 Å². The van der Waals surface area contributed by atoms with E-state index in [-0.39, 0.29) is 6.54 Å². The molecule has 0 aliphatic rings. The fraction of sp³-hybridized carbons (Fsp3) is 0.421. The minimum atomic E-state index is -4.82. The van der Waals surface area contributed by atoms with E-state index >= 15 is 0 Å². The third-order valence-corrected chi connectivity index (χ3v) is 4.07. The molecule has 1 amide bonds. The number of H-pyrrole nitrogens is 1. The van der Waals surface area contributed by atoms with Gasteiger partial charge in [0.1, 0.15) is 0 Å². The second kappa shape index (κ2) is 8.11. The lowest BCUT2D eigenvalue weighted by atomic mass is 10.0. The Bertz CT molecular complexity index is 784. The molecule has 2 N–H and O–H groups in total. The first-order valence-corrected chi connectivity index (χ1v) is 8.21. The number of terminal acetylenes is 1. The number of rotatable bonds is 7. The molecule has 0 saturated carbocycles. The number of benzene rings is 1. The smallest absolute Gasteiger partial charge is 0.358 e. The van der Waals surface area contributed by atoms with Crippen LogP contribution < -0.4 is 5.32 Å². The maximum atomic E-state index is 12.1. The number of aromatic amines is 1. The first-order chi connectivity index (χ1) is 11.8. The Morgan fingerprint density at radius 2 is 2.04 bits per heavy atom. The van der Waals surface area contributed by atoms with Gasteiger partial charge in [0.05, 0.1) is 0 Å². The van der Waals surface area contributed by atoms with Crippen LogP contribution in [0.15, 0.2) is 18.2 Å². The highest BCUT2D eigenvalue weighted by Gasteiger charge is 2.38. The SMILES string of the molecule is C#CCCc1c(CCCCNC(=O)C(F)(F)F)[nH]c2ccc(C)cc12. The minimum Gasteiger partial charge on any atom is -0.358 e. The Kier molecular flexibility index (Phi) is 6.13. The number of unbranched alkanes of at least 4 members (excludes halogenated alkanes) is 1. The van der Waals surface area contributed by atoms with Crippen molar-refractivity contribution in [2.75, 3.05) is 6.54 Å². The zero-order valence-corrected chi connectivity index (χ0v) is 14.1. The normalized spacial score (nSPS) is 11.5. The number of halogens is 3. The summed E-state index contributed by atoms with van der Waals surface area (Å²) < 4.78 is 36.3. The number of aryl methyl sites for hydroxylation is 3. The lowest BCUT2D eigenvalue weighted by molar-refractivity contribution is -0.173. The molecule has 0 spiro atoms. The van der Waals surface area contributed by atoms with E-state index in [9.17, 15) is 18.0 Å². The summed E-state index contributed by atoms with van der Waals surface area (Å²) in [6.45, 7) is 2.04. The molecule has 2 aromatic rings. The Morgan fingerprint density at radius 1 is 1.28 bits per heavy atom. The third kappa shape index (κ3) is 5.02. The Morgan fingerprint density at radius 3 is 2.72 bits per heavy atom. The van der Waals surface area contributed by atoms with Crippen LogP contribution in [0, 0.1) is 19.3 Å². The summed E-state index contributed by atoms with van der Waals surface area (Å²) in [5, 5.41) is 3.04. The van der Waals surface area contributed by atoms with Crippen LogP contribution in [0.5, 0.6) is 0 Å². The molecule has 25 heavy (non-hydrogen) atoms. The van der Waals surface area contributed by atoms with Crippen molar-refractivity contribution in [1.29, 1.82) is 0 Å². The second-order valence-corrected chi connectivity index (χ2v) is 6.05. The van der Waals surface area contributed by atoms with Crippen LogP contribution in [0.2, 0.25) is 0 Å². The minimum absolute atomic E-state index is 0.0113. The van der Waals surface area contributed by atoms with Crippen molar-refractivity contribution in [2.24, 2.45) is 0 Å². The summed E-state index contributed by atoms with van der Waals surface area (Å²) in [6, 6.07) is 6.17. The van der Waals surface area contributed by atoms with Gasteiger partial charge in [0.15, 0.2) is 0 Å². The maximum absolute atomic E-state index is 12.1. The van der Waals surface area contributed by atoms with E-state index in [1.54, 1.807) is 0 Å². The highest BCUT2D eigenvalue weighted by atomic mass is 19.4. The quantitative estimate of drug-likeness (QED) is 0.574. The summed E-state index contributed by atoms with van der Waals surface area (Å²) in [6.07, 6.45) is 3.81. The van der Waals surface area contributed by atoms with E-state index in [0.717, 1.165) is 28.6 Å². The fourth-order valence-electron chi connectivity index (χ4n) is 2.84. The molecule has 0 bridgehead atoms. The van der Waals surface area contributed by atoms with E-state index in [0.29, 0.717) is 25.7 Å². The molecule has 3 nitrogen and oxygen atoms in total. The van der Waals surface area contributed by atoms with Gasteiger partial charge in [-0.1, -0.05) is 11.6 Å². The standard InChI is InChI=1S/C19H21F3N2O/c1-3-4-7-14-15-12-13(2)9-10-17(15)24-16(14)8-5-6-11-23-18(25)19(20,21)22/h1,9-10,12,24H,4-8,11H2,2H3,(H,23,25). The lowest BCUT2D eigenvalue weighted by Crippen LogP contribution is -2.37. The van der Waals surface area contributed by atoms with E-state index in [1.807, 2.05) is 24.4 Å². The van der Waals surface area contributed by atoms with Crippen LogP contribution in [0.1, 0.15) is 36.1 Å². The molecule has 0 aliphatic carbocycles. The molecule has 0 saturated heterocycles. The van der Waals surface area contributed by atoms with Gasteiger partial charge in [-0.25, -0.2) is 0 Å². The average Bonchev–Trinajstić information content (AvgIpc) is 2.88. The first-order valence-electron chi connectivity index (χ1n) is 8.21. The number of nitrogens with one attached hydrogen (secondary N) is 2. The Hall–Kier alpha value is -2.42. The van der Waals surface area contributed by atoms with Crippen LogP contribution >= 0.6 is 0 Å². The van der Waals surface area contributed by atoms with Crippen LogP contribution in [-0.2, 0) is 17.6 Å². The zero-order valence-electron chi connectivity index (χ0n) is 14.1. The van der Waals surface area contributed by atoms with Gasteiger partial charge < -0.3 is 10.3 Å². The van der Waals surface area contributed by atoms with Crippen molar-refractivity contribution in [3.05, 3.63) is 35.0 Å². The summed E-state index contributed by atoms with van der Waals surface area (Å²) in [5.41, 5.74) is 4.45. The molecule has 2 rings (SSSR count). The summed E-state index contributed by atoms with van der Waals surface area (Å²) in [7, 11) is 0. The number of carbonyl (C=O) groups excluding carboxylic acids is 1. The van der Waals surface area contributed by atoms with Gasteiger partial charge in [0.2, 0.25) is 0 Å². The van der Waals surface area contributed by atoms with Crippen molar-refractivity contribution in [3.8, 4) is 12.3 Å². The van der Waals surface area contributed by atoms with Crippen molar-refractivity contribution in [3.63, 3.8) is 0 Å². The number of aromatic nitrogens is 1. The molecule has 1 heterocycles. The predicted molar refractivity (Wildman–Crippen MR) is 92.2 cm³/mol. The topological polar surface area (TPSA) is 44.9 Å². The monoisotopic (exact) mass is 350 g/mol. The second-order valence-electron chi connectivity index (χ2n) is 6.05. The summed E-state index contributed by atoms with van der Waals surface area (Å²) in [4.78, 5) is 14.1. The molecule has 0 radical (unpaired) electrons. The molecule has 1 aromatic heterocycles. The predicted octanol–water partition coefficient (Wildman–Crippen LogP) is 4.04. The van der Waals surface area contributed by atoms with E-state index in [4.69, 9.17) is 6.42 Å². The van der Waals surface area contributed by atoms with Gasteiger partial charge in [-0.2, -0.15) is 13.2 Å². The molecular formula is C19H21F3N2O. The highest BCUT2D eigenvalue weighted by Crippen LogP contribution is 2.26. The molecular weight excluding hydrogens is 329 g/mol. The van der Waals surface area contributed by atoms with Gasteiger partial charge in [-0.05, 0) is 50.3 Å². The third-order valence-electron chi connectivity index (χ3n) is 4.07. The number of amides is 1. The van der Waals surface area contributed by atoms with Crippen LogP contribution in [-0.4, -0.2) is 23.6 Å². The van der Waals surface area contributed by atoms with Gasteiger partial charge >= 0.3 is 12.1 Å². The molecule has 0 atom stereocenters. The molecule has 1 aromatic carbocycles. The maximum Gasteiger partial charge on any atom is 0.471 e. The Labute approximate surface area is 145 Å². The van der Waals surface area contributed by atoms with E-state index < -0.39 is 12.1 Å². The zero-order chi connectivity index (χ0) is 18.4. The molecule has 0 fully saturated rings. The molecule has 6 heteroatoms. The largest absolute Gasteiger partial charge is 0.471 e. The van der Waals surface area contributed by atoms with E-state index in [1.165, 1.54) is 5.56 Å². The van der Waals surface area contributed by atoms with Gasteiger partial charge in [-0.3, -0.25) is 4.79 Å². The van der Waals surface area contributed by atoms with Crippen molar-refractivity contribution < 1.29 is 18.0 Å². The number of fused-ring (bicyclic) bond motifs is 1. The lowest BCUT2D eigenvalue weighted by Gasteiger charge is -2.08. The molecule has 0 aliphatic heterocycles.